The minimum atomic E-state index is -0.609. The summed E-state index contributed by atoms with van der Waals surface area (Å²) < 4.78 is 15.5. The maximum absolute atomic E-state index is 13.0. The van der Waals surface area contributed by atoms with Crippen LogP contribution in [0.15, 0.2) is 42.5 Å². The van der Waals surface area contributed by atoms with Crippen molar-refractivity contribution in [2.24, 2.45) is 0 Å². The number of benzene rings is 2. The van der Waals surface area contributed by atoms with E-state index in [1.165, 1.54) is 14.2 Å². The number of piperazine rings is 1. The largest absolute Gasteiger partial charge is 0.493 e. The Balaban J connectivity index is 1.73. The lowest BCUT2D eigenvalue weighted by Gasteiger charge is -2.38. The van der Waals surface area contributed by atoms with Gasteiger partial charge in [-0.1, -0.05) is 29.8 Å². The molecule has 0 N–H and O–H groups in total. The van der Waals surface area contributed by atoms with Gasteiger partial charge in [-0.2, -0.15) is 0 Å². The Morgan fingerprint density at radius 1 is 0.933 bits per heavy atom. The Bertz CT molecular complexity index is 912. The summed E-state index contributed by atoms with van der Waals surface area (Å²) >= 11 is 6.33. The first-order valence-corrected chi connectivity index (χ1v) is 9.95. The second-order valence-electron chi connectivity index (χ2n) is 6.85. The highest BCUT2D eigenvalue weighted by atomic mass is 35.5. The van der Waals surface area contributed by atoms with Crippen LogP contribution >= 0.6 is 11.6 Å². The summed E-state index contributed by atoms with van der Waals surface area (Å²) in [6.07, 6.45) is 0. The van der Waals surface area contributed by atoms with Crippen LogP contribution in [0.2, 0.25) is 5.02 Å². The molecule has 0 unspecified atom stereocenters. The zero-order valence-electron chi connectivity index (χ0n) is 17.3. The molecule has 1 heterocycles. The van der Waals surface area contributed by atoms with E-state index in [-0.39, 0.29) is 11.9 Å². The summed E-state index contributed by atoms with van der Waals surface area (Å²) in [5.74, 6) is 0.608. The van der Waals surface area contributed by atoms with Gasteiger partial charge in [-0.3, -0.25) is 9.69 Å². The van der Waals surface area contributed by atoms with Crippen LogP contribution in [0.3, 0.4) is 0 Å². The molecule has 1 aliphatic heterocycles. The topological polar surface area (TPSA) is 68.3 Å². The molecule has 2 aromatic carbocycles. The van der Waals surface area contributed by atoms with Gasteiger partial charge in [-0.25, -0.2) is 4.79 Å². The van der Waals surface area contributed by atoms with Gasteiger partial charge >= 0.3 is 5.97 Å². The third-order valence-corrected chi connectivity index (χ3v) is 5.57. The SMILES string of the molecule is COC(=O)[C@@H](c1ccccc1Cl)N1CCN(C(=O)c2ccc(OC)c(OC)c2)CC1. The fourth-order valence-electron chi connectivity index (χ4n) is 3.62. The van der Waals surface area contributed by atoms with Crippen molar-refractivity contribution in [2.45, 2.75) is 6.04 Å². The molecule has 1 saturated heterocycles. The zero-order chi connectivity index (χ0) is 21.7. The number of halogens is 1. The summed E-state index contributed by atoms with van der Waals surface area (Å²) in [4.78, 5) is 29.2. The molecule has 3 rings (SSSR count). The molecule has 1 atom stereocenters. The van der Waals surface area contributed by atoms with E-state index in [2.05, 4.69) is 0 Å². The molecule has 30 heavy (non-hydrogen) atoms. The molecule has 2 aromatic rings. The number of methoxy groups -OCH3 is 3. The number of ether oxygens (including phenoxy) is 3. The van der Waals surface area contributed by atoms with Gasteiger partial charge in [0.05, 0.1) is 21.3 Å². The van der Waals surface area contributed by atoms with Crippen molar-refractivity contribution in [2.75, 3.05) is 47.5 Å². The van der Waals surface area contributed by atoms with Gasteiger partial charge in [0.1, 0.15) is 6.04 Å². The van der Waals surface area contributed by atoms with Crippen LogP contribution in [0.5, 0.6) is 11.5 Å². The molecule has 1 amide bonds. The first kappa shape index (κ1) is 21.9. The lowest BCUT2D eigenvalue weighted by Crippen LogP contribution is -2.51. The van der Waals surface area contributed by atoms with Gasteiger partial charge in [0.15, 0.2) is 11.5 Å². The van der Waals surface area contributed by atoms with E-state index in [4.69, 9.17) is 25.8 Å². The first-order valence-electron chi connectivity index (χ1n) is 9.57. The molecular formula is C22H25ClN2O5. The quantitative estimate of drug-likeness (QED) is 0.653. The summed E-state index contributed by atoms with van der Waals surface area (Å²) in [5, 5.41) is 0.511. The van der Waals surface area contributed by atoms with Gasteiger partial charge in [-0.15, -0.1) is 0 Å². The first-order chi connectivity index (χ1) is 14.5. The van der Waals surface area contributed by atoms with E-state index >= 15 is 0 Å². The molecule has 7 nitrogen and oxygen atoms in total. The summed E-state index contributed by atoms with van der Waals surface area (Å²) in [6, 6.07) is 11.7. The molecule has 0 aromatic heterocycles. The highest BCUT2D eigenvalue weighted by molar-refractivity contribution is 6.31. The summed E-state index contributed by atoms with van der Waals surface area (Å²) in [5.41, 5.74) is 1.22. The number of amides is 1. The Hall–Kier alpha value is -2.77. The fraction of sp³-hybridized carbons (Fsp3) is 0.364. The molecule has 0 aliphatic carbocycles. The smallest absolute Gasteiger partial charge is 0.327 e. The minimum absolute atomic E-state index is 0.0945. The van der Waals surface area contributed by atoms with Gasteiger partial charge < -0.3 is 19.1 Å². The Morgan fingerprint density at radius 2 is 1.60 bits per heavy atom. The molecule has 0 saturated carbocycles. The Kier molecular flexibility index (Phi) is 7.18. The number of hydrogen-bond acceptors (Lipinski definition) is 6. The highest BCUT2D eigenvalue weighted by Crippen LogP contribution is 2.31. The van der Waals surface area contributed by atoms with E-state index in [0.717, 1.165) is 0 Å². The molecule has 160 valence electrons. The Morgan fingerprint density at radius 3 is 2.20 bits per heavy atom. The van der Waals surface area contributed by atoms with Gasteiger partial charge in [-0.05, 0) is 29.8 Å². The highest BCUT2D eigenvalue weighted by Gasteiger charge is 2.33. The number of nitrogens with zero attached hydrogens (tertiary/aromatic N) is 2. The van der Waals surface area contributed by atoms with Crippen molar-refractivity contribution in [1.29, 1.82) is 0 Å². The predicted octanol–water partition coefficient (Wildman–Crippen LogP) is 3.03. The van der Waals surface area contributed by atoms with Crippen LogP contribution in [-0.4, -0.2) is 69.2 Å². The van der Waals surface area contributed by atoms with Crippen LogP contribution in [-0.2, 0) is 9.53 Å². The lowest BCUT2D eigenvalue weighted by molar-refractivity contribution is -0.148. The van der Waals surface area contributed by atoms with E-state index < -0.39 is 6.04 Å². The van der Waals surface area contributed by atoms with Crippen molar-refractivity contribution in [3.8, 4) is 11.5 Å². The second-order valence-corrected chi connectivity index (χ2v) is 7.25. The zero-order valence-corrected chi connectivity index (χ0v) is 18.0. The average Bonchev–Trinajstić information content (AvgIpc) is 2.79. The van der Waals surface area contributed by atoms with Crippen LogP contribution in [0.4, 0.5) is 0 Å². The van der Waals surface area contributed by atoms with Crippen LogP contribution in [0.1, 0.15) is 22.0 Å². The molecule has 0 spiro atoms. The van der Waals surface area contributed by atoms with E-state index in [0.29, 0.717) is 53.8 Å². The maximum atomic E-state index is 13.0. The molecule has 0 bridgehead atoms. The van der Waals surface area contributed by atoms with Crippen LogP contribution in [0, 0.1) is 0 Å². The average molecular weight is 433 g/mol. The summed E-state index contributed by atoms with van der Waals surface area (Å²) in [7, 11) is 4.45. The molecular weight excluding hydrogens is 408 g/mol. The lowest BCUT2D eigenvalue weighted by atomic mass is 10.0. The van der Waals surface area contributed by atoms with Crippen LogP contribution < -0.4 is 9.47 Å². The second kappa shape index (κ2) is 9.82. The molecule has 8 heteroatoms. The van der Waals surface area contributed by atoms with E-state index in [9.17, 15) is 9.59 Å². The normalized spacial score (nSPS) is 15.4. The molecule has 0 radical (unpaired) electrons. The van der Waals surface area contributed by atoms with Gasteiger partial charge in [0.2, 0.25) is 0 Å². The third-order valence-electron chi connectivity index (χ3n) is 5.22. The molecule has 1 aliphatic rings. The Labute approximate surface area is 181 Å². The van der Waals surface area contributed by atoms with E-state index in [1.807, 2.05) is 23.1 Å². The fourth-order valence-corrected chi connectivity index (χ4v) is 3.86. The summed E-state index contributed by atoms with van der Waals surface area (Å²) in [6.45, 7) is 1.99. The standard InChI is InChI=1S/C22H25ClN2O5/c1-28-18-9-8-15(14-19(18)29-2)21(26)25-12-10-24(11-13-25)20(22(27)30-3)16-6-4-5-7-17(16)23/h4-9,14,20H,10-13H2,1-3H3/t20-/m1/s1. The predicted molar refractivity (Wildman–Crippen MR) is 113 cm³/mol. The molecule has 1 fully saturated rings. The minimum Gasteiger partial charge on any atom is -0.493 e. The van der Waals surface area contributed by atoms with Crippen molar-refractivity contribution in [3.63, 3.8) is 0 Å². The number of rotatable bonds is 6. The van der Waals surface area contributed by atoms with Gasteiger partial charge in [0, 0.05) is 36.8 Å². The van der Waals surface area contributed by atoms with Crippen molar-refractivity contribution in [3.05, 3.63) is 58.6 Å². The number of hydrogen-bond donors (Lipinski definition) is 0. The van der Waals surface area contributed by atoms with E-state index in [1.54, 1.807) is 36.3 Å². The maximum Gasteiger partial charge on any atom is 0.327 e. The van der Waals surface area contributed by atoms with Gasteiger partial charge in [0.25, 0.3) is 5.91 Å². The third kappa shape index (κ3) is 4.52. The van der Waals surface area contributed by atoms with Crippen molar-refractivity contribution < 1.29 is 23.8 Å². The van der Waals surface area contributed by atoms with Crippen molar-refractivity contribution >= 4 is 23.5 Å². The number of carbonyl (C=O) groups is 2. The number of esters is 1. The van der Waals surface area contributed by atoms with Crippen LogP contribution in [0.25, 0.3) is 0 Å². The van der Waals surface area contributed by atoms with Crippen molar-refractivity contribution in [1.82, 2.24) is 9.80 Å². The number of carbonyl (C=O) groups excluding carboxylic acids is 2. The monoisotopic (exact) mass is 432 g/mol.